The number of ether oxygens (including phenoxy) is 1. The number of rotatable bonds is 6. The number of nitro groups is 1. The third-order valence-electron chi connectivity index (χ3n) is 5.37. The van der Waals surface area contributed by atoms with Gasteiger partial charge >= 0.3 is 0 Å². The molecule has 1 aromatic heterocycles. The average Bonchev–Trinajstić information content (AvgIpc) is 3.32. The highest BCUT2D eigenvalue weighted by Gasteiger charge is 2.23. The molecule has 1 fully saturated rings. The first kappa shape index (κ1) is 22.9. The maximum Gasteiger partial charge on any atom is 0.270 e. The maximum atomic E-state index is 13.2. The normalized spacial score (nSPS) is 14.0. The van der Waals surface area contributed by atoms with E-state index in [0.29, 0.717) is 49.0 Å². The predicted molar refractivity (Wildman–Crippen MR) is 125 cm³/mol. The van der Waals surface area contributed by atoms with Gasteiger partial charge in [0.05, 0.1) is 18.1 Å². The van der Waals surface area contributed by atoms with Crippen LogP contribution >= 0.6 is 0 Å². The summed E-state index contributed by atoms with van der Waals surface area (Å²) in [7, 11) is 0. The van der Waals surface area contributed by atoms with Crippen LogP contribution in [0.15, 0.2) is 70.8 Å². The molecule has 1 aliphatic heterocycles. The Labute approximate surface area is 195 Å². The smallest absolute Gasteiger partial charge is 0.270 e. The minimum absolute atomic E-state index is 0.0207. The van der Waals surface area contributed by atoms with Crippen molar-refractivity contribution in [2.75, 3.05) is 26.3 Å². The Morgan fingerprint density at radius 3 is 2.32 bits per heavy atom. The minimum atomic E-state index is -0.472. The van der Waals surface area contributed by atoms with E-state index in [-0.39, 0.29) is 17.3 Å². The largest absolute Gasteiger partial charge is 0.457 e. The fourth-order valence-electron chi connectivity index (χ4n) is 3.46. The van der Waals surface area contributed by atoms with Gasteiger partial charge in [0, 0.05) is 42.4 Å². The molecule has 174 valence electrons. The third kappa shape index (κ3) is 5.38. The number of morpholine rings is 1. The number of hydrogen-bond donors (Lipinski definition) is 1. The van der Waals surface area contributed by atoms with Crippen molar-refractivity contribution in [3.63, 3.8) is 0 Å². The topological polar surface area (TPSA) is 115 Å². The first-order chi connectivity index (χ1) is 16.4. The van der Waals surface area contributed by atoms with Crippen LogP contribution in [0.1, 0.15) is 21.7 Å². The highest BCUT2D eigenvalue weighted by Crippen LogP contribution is 2.25. The Bertz CT molecular complexity index is 1220. The van der Waals surface area contributed by atoms with Crippen molar-refractivity contribution in [3.05, 3.63) is 93.4 Å². The second-order valence-corrected chi connectivity index (χ2v) is 7.79. The fraction of sp³-hybridized carbons (Fsp3) is 0.200. The second-order valence-electron chi connectivity index (χ2n) is 7.79. The zero-order valence-electron chi connectivity index (χ0n) is 18.5. The summed E-state index contributed by atoms with van der Waals surface area (Å²) in [6, 6.07) is 16.4. The van der Waals surface area contributed by atoms with Crippen LogP contribution in [0.5, 0.6) is 0 Å². The molecule has 3 aromatic rings. The molecule has 34 heavy (non-hydrogen) atoms. The van der Waals surface area contributed by atoms with E-state index in [1.165, 1.54) is 18.2 Å². The zero-order chi connectivity index (χ0) is 24.1. The SMILES string of the molecule is Cc1ccc(C(=O)NC(=Cc2ccc(-c3ccc([N+](=O)[O-])cc3)o2)C(=O)N2CCOCC2)cc1. The molecule has 2 amide bonds. The number of carbonyl (C=O) groups is 2. The molecular formula is C25H23N3O6. The molecule has 2 heterocycles. The van der Waals surface area contributed by atoms with Crippen LogP contribution in [0.4, 0.5) is 5.69 Å². The van der Waals surface area contributed by atoms with Gasteiger partial charge in [-0.25, -0.2) is 0 Å². The van der Waals surface area contributed by atoms with Gasteiger partial charge in [0.1, 0.15) is 17.2 Å². The van der Waals surface area contributed by atoms with Gasteiger partial charge in [0.15, 0.2) is 0 Å². The molecule has 0 radical (unpaired) electrons. The molecule has 1 aliphatic rings. The number of non-ortho nitro benzene ring substituents is 1. The molecule has 0 spiro atoms. The van der Waals surface area contributed by atoms with Crippen LogP contribution in [0.25, 0.3) is 17.4 Å². The van der Waals surface area contributed by atoms with E-state index in [1.54, 1.807) is 41.3 Å². The highest BCUT2D eigenvalue weighted by molar-refractivity contribution is 6.05. The van der Waals surface area contributed by atoms with Crippen molar-refractivity contribution in [1.82, 2.24) is 10.2 Å². The fourth-order valence-corrected chi connectivity index (χ4v) is 3.46. The first-order valence-corrected chi connectivity index (χ1v) is 10.7. The number of amides is 2. The second kappa shape index (κ2) is 10.1. The monoisotopic (exact) mass is 461 g/mol. The van der Waals surface area contributed by atoms with Gasteiger partial charge in [-0.05, 0) is 43.3 Å². The van der Waals surface area contributed by atoms with Gasteiger partial charge in [-0.1, -0.05) is 17.7 Å². The summed E-state index contributed by atoms with van der Waals surface area (Å²) in [5.41, 5.74) is 2.16. The number of nitrogens with zero attached hydrogens (tertiary/aromatic N) is 2. The lowest BCUT2D eigenvalue weighted by atomic mass is 10.1. The van der Waals surface area contributed by atoms with Gasteiger partial charge in [-0.2, -0.15) is 0 Å². The Hall–Kier alpha value is -4.24. The lowest BCUT2D eigenvalue weighted by Gasteiger charge is -2.27. The van der Waals surface area contributed by atoms with E-state index >= 15 is 0 Å². The van der Waals surface area contributed by atoms with Crippen LogP contribution < -0.4 is 5.32 Å². The summed E-state index contributed by atoms with van der Waals surface area (Å²) >= 11 is 0. The Balaban J connectivity index is 1.60. The van der Waals surface area contributed by atoms with Gasteiger partial charge in [0.2, 0.25) is 0 Å². The van der Waals surface area contributed by atoms with E-state index in [9.17, 15) is 19.7 Å². The molecule has 0 bridgehead atoms. The van der Waals surface area contributed by atoms with Crippen LogP contribution in [0.3, 0.4) is 0 Å². The summed E-state index contributed by atoms with van der Waals surface area (Å²) in [5.74, 6) is 0.0883. The Kier molecular flexibility index (Phi) is 6.84. The minimum Gasteiger partial charge on any atom is -0.457 e. The van der Waals surface area contributed by atoms with E-state index in [1.807, 2.05) is 19.1 Å². The molecule has 1 N–H and O–H groups in total. The first-order valence-electron chi connectivity index (χ1n) is 10.7. The molecule has 4 rings (SSSR count). The van der Waals surface area contributed by atoms with Gasteiger partial charge in [0.25, 0.3) is 17.5 Å². The number of benzene rings is 2. The van der Waals surface area contributed by atoms with Gasteiger partial charge < -0.3 is 19.4 Å². The standard InChI is InChI=1S/C25H23N3O6/c1-17-2-4-19(5-3-17)24(29)26-22(25(30)27-12-14-33-15-13-27)16-21-10-11-23(34-21)18-6-8-20(9-7-18)28(31)32/h2-11,16H,12-15H2,1H3,(H,26,29). The lowest BCUT2D eigenvalue weighted by Crippen LogP contribution is -2.44. The molecule has 1 saturated heterocycles. The molecule has 0 saturated carbocycles. The number of nitrogens with one attached hydrogen (secondary N) is 1. The van der Waals surface area contributed by atoms with Crippen LogP contribution in [0, 0.1) is 17.0 Å². The van der Waals surface area contributed by atoms with Crippen molar-refractivity contribution in [3.8, 4) is 11.3 Å². The summed E-state index contributed by atoms with van der Waals surface area (Å²) < 4.78 is 11.2. The van der Waals surface area contributed by atoms with Crippen LogP contribution in [-0.4, -0.2) is 47.9 Å². The Morgan fingerprint density at radius 1 is 1.00 bits per heavy atom. The summed E-state index contributed by atoms with van der Waals surface area (Å²) in [6.07, 6.45) is 1.48. The lowest BCUT2D eigenvalue weighted by molar-refractivity contribution is -0.384. The predicted octanol–water partition coefficient (Wildman–Crippen LogP) is 3.79. The molecule has 9 heteroatoms. The van der Waals surface area contributed by atoms with Gasteiger partial charge in [-0.15, -0.1) is 0 Å². The average molecular weight is 461 g/mol. The van der Waals surface area contributed by atoms with E-state index in [4.69, 9.17) is 9.15 Å². The number of furan rings is 1. The highest BCUT2D eigenvalue weighted by atomic mass is 16.6. The molecule has 9 nitrogen and oxygen atoms in total. The van der Waals surface area contributed by atoms with Crippen molar-refractivity contribution < 1.29 is 23.7 Å². The molecule has 0 aliphatic carbocycles. The summed E-state index contributed by atoms with van der Waals surface area (Å²) in [5, 5.41) is 13.6. The molecule has 2 aromatic carbocycles. The van der Waals surface area contributed by atoms with Crippen LogP contribution in [-0.2, 0) is 9.53 Å². The van der Waals surface area contributed by atoms with Crippen molar-refractivity contribution in [2.24, 2.45) is 0 Å². The number of aryl methyl sites for hydroxylation is 1. The third-order valence-corrected chi connectivity index (χ3v) is 5.37. The summed E-state index contributed by atoms with van der Waals surface area (Å²) in [4.78, 5) is 38.0. The van der Waals surface area contributed by atoms with E-state index in [2.05, 4.69) is 5.32 Å². The van der Waals surface area contributed by atoms with Gasteiger partial charge in [-0.3, -0.25) is 19.7 Å². The van der Waals surface area contributed by atoms with Crippen molar-refractivity contribution in [2.45, 2.75) is 6.92 Å². The maximum absolute atomic E-state index is 13.2. The van der Waals surface area contributed by atoms with Crippen LogP contribution in [0.2, 0.25) is 0 Å². The molecule has 0 atom stereocenters. The van der Waals surface area contributed by atoms with E-state index < -0.39 is 10.8 Å². The molecule has 0 unspecified atom stereocenters. The van der Waals surface area contributed by atoms with Crippen molar-refractivity contribution >= 4 is 23.6 Å². The number of carbonyl (C=O) groups excluding carboxylic acids is 2. The molecular weight excluding hydrogens is 438 g/mol. The zero-order valence-corrected chi connectivity index (χ0v) is 18.5. The van der Waals surface area contributed by atoms with Crippen molar-refractivity contribution in [1.29, 1.82) is 0 Å². The number of nitro benzene ring substituents is 1. The van der Waals surface area contributed by atoms with E-state index in [0.717, 1.165) is 5.56 Å². The summed E-state index contributed by atoms with van der Waals surface area (Å²) in [6.45, 7) is 3.62. The quantitative estimate of drug-likeness (QED) is 0.339. The Morgan fingerprint density at radius 2 is 1.68 bits per heavy atom. The number of hydrogen-bond acceptors (Lipinski definition) is 6.